The molecule has 0 radical (unpaired) electrons. The molecule has 0 amide bonds. The van der Waals surface area contributed by atoms with Gasteiger partial charge in [-0.15, -0.1) is 11.6 Å². The van der Waals surface area contributed by atoms with Gasteiger partial charge in [-0.2, -0.15) is 0 Å². The van der Waals surface area contributed by atoms with Crippen molar-refractivity contribution < 1.29 is 4.79 Å². The summed E-state index contributed by atoms with van der Waals surface area (Å²) in [6, 6.07) is 0. The number of carbonyl (C=O) groups is 1. The highest BCUT2D eigenvalue weighted by Gasteiger charge is 2.30. The predicted molar refractivity (Wildman–Crippen MR) is 51.4 cm³/mol. The lowest BCUT2D eigenvalue weighted by molar-refractivity contribution is -0.117. The van der Waals surface area contributed by atoms with Crippen molar-refractivity contribution in [3.63, 3.8) is 0 Å². The Morgan fingerprint density at radius 1 is 1.58 bits per heavy atom. The second kappa shape index (κ2) is 3.21. The third kappa shape index (κ3) is 2.10. The number of rotatable bonds is 1. The van der Waals surface area contributed by atoms with Gasteiger partial charge in [0, 0.05) is 11.3 Å². The summed E-state index contributed by atoms with van der Waals surface area (Å²) >= 11 is 6.14. The molecule has 1 aliphatic rings. The number of ketones is 1. The second-order valence-electron chi connectivity index (χ2n) is 4.01. The van der Waals surface area contributed by atoms with Gasteiger partial charge < -0.3 is 0 Å². The zero-order valence-corrected chi connectivity index (χ0v) is 8.61. The Bertz CT molecular complexity index is 222. The largest absolute Gasteiger partial charge is 0.295 e. The van der Waals surface area contributed by atoms with Crippen molar-refractivity contribution in [2.45, 2.75) is 38.5 Å². The van der Waals surface area contributed by atoms with E-state index in [4.69, 9.17) is 11.6 Å². The van der Waals surface area contributed by atoms with Crippen LogP contribution in [0.25, 0.3) is 0 Å². The standard InChI is InChI=1S/C10H15ClO/c1-7-4-5-8(6-9(7)12)10(2,3)11/h4,8H,5-6H2,1-3H3/t8-/m1/s1. The smallest absolute Gasteiger partial charge is 0.158 e. The van der Waals surface area contributed by atoms with Gasteiger partial charge in [0.05, 0.1) is 0 Å². The van der Waals surface area contributed by atoms with Gasteiger partial charge in [0.25, 0.3) is 0 Å². The van der Waals surface area contributed by atoms with Crippen molar-refractivity contribution >= 4 is 17.4 Å². The fourth-order valence-corrected chi connectivity index (χ4v) is 1.59. The Morgan fingerprint density at radius 2 is 2.17 bits per heavy atom. The van der Waals surface area contributed by atoms with E-state index in [-0.39, 0.29) is 10.7 Å². The minimum Gasteiger partial charge on any atom is -0.295 e. The molecule has 1 rings (SSSR count). The molecule has 68 valence electrons. The first-order chi connectivity index (χ1) is 5.41. The molecular formula is C10H15ClO. The molecule has 0 aromatic rings. The molecule has 0 saturated heterocycles. The summed E-state index contributed by atoms with van der Waals surface area (Å²) in [7, 11) is 0. The van der Waals surface area contributed by atoms with Crippen LogP contribution in [0.2, 0.25) is 0 Å². The molecule has 0 unspecified atom stereocenters. The fraction of sp³-hybridized carbons (Fsp3) is 0.700. The molecule has 1 aliphatic carbocycles. The van der Waals surface area contributed by atoms with Gasteiger partial charge in [0.15, 0.2) is 5.78 Å². The average molecular weight is 187 g/mol. The Hall–Kier alpha value is -0.300. The number of hydrogen-bond acceptors (Lipinski definition) is 1. The van der Waals surface area contributed by atoms with Crippen LogP contribution in [0.5, 0.6) is 0 Å². The normalized spacial score (nSPS) is 25.5. The molecule has 0 N–H and O–H groups in total. The molecule has 1 nitrogen and oxygen atoms in total. The summed E-state index contributed by atoms with van der Waals surface area (Å²) in [5.74, 6) is 0.551. The van der Waals surface area contributed by atoms with Gasteiger partial charge in [-0.1, -0.05) is 6.08 Å². The number of carbonyl (C=O) groups excluding carboxylic acids is 1. The summed E-state index contributed by atoms with van der Waals surface area (Å²) in [5, 5.41) is 0. The van der Waals surface area contributed by atoms with E-state index in [0.29, 0.717) is 12.3 Å². The first-order valence-electron chi connectivity index (χ1n) is 4.30. The molecule has 0 aliphatic heterocycles. The van der Waals surface area contributed by atoms with Crippen LogP contribution >= 0.6 is 11.6 Å². The van der Waals surface area contributed by atoms with Crippen molar-refractivity contribution in [3.8, 4) is 0 Å². The monoisotopic (exact) mass is 186 g/mol. The van der Waals surface area contributed by atoms with Crippen LogP contribution in [0.15, 0.2) is 11.6 Å². The Balaban J connectivity index is 2.72. The lowest BCUT2D eigenvalue weighted by atomic mass is 9.81. The van der Waals surface area contributed by atoms with Gasteiger partial charge in [-0.3, -0.25) is 4.79 Å². The van der Waals surface area contributed by atoms with Crippen molar-refractivity contribution in [1.29, 1.82) is 0 Å². The van der Waals surface area contributed by atoms with Gasteiger partial charge in [-0.25, -0.2) is 0 Å². The van der Waals surface area contributed by atoms with Crippen molar-refractivity contribution in [2.24, 2.45) is 5.92 Å². The molecule has 0 bridgehead atoms. The zero-order valence-electron chi connectivity index (χ0n) is 7.86. The third-order valence-electron chi connectivity index (χ3n) is 2.55. The minimum absolute atomic E-state index is 0.250. The Morgan fingerprint density at radius 3 is 2.58 bits per heavy atom. The maximum absolute atomic E-state index is 11.3. The summed E-state index contributed by atoms with van der Waals surface area (Å²) < 4.78 is 0. The molecule has 0 heterocycles. The highest BCUT2D eigenvalue weighted by atomic mass is 35.5. The lowest BCUT2D eigenvalue weighted by Crippen LogP contribution is -2.29. The van der Waals surface area contributed by atoms with E-state index in [1.807, 2.05) is 26.8 Å². The van der Waals surface area contributed by atoms with E-state index in [2.05, 4.69) is 0 Å². The zero-order chi connectivity index (χ0) is 9.35. The van der Waals surface area contributed by atoms with Crippen LogP contribution in [0.4, 0.5) is 0 Å². The Labute approximate surface area is 78.8 Å². The molecular weight excluding hydrogens is 172 g/mol. The minimum atomic E-state index is -0.257. The average Bonchev–Trinajstić information content (AvgIpc) is 1.92. The van der Waals surface area contributed by atoms with E-state index in [1.54, 1.807) is 0 Å². The second-order valence-corrected chi connectivity index (χ2v) is 4.99. The number of Topliss-reactive ketones (excluding diaryl/α,β-unsaturated/α-hetero) is 1. The van der Waals surface area contributed by atoms with Crippen LogP contribution in [0, 0.1) is 5.92 Å². The first-order valence-corrected chi connectivity index (χ1v) is 4.68. The van der Waals surface area contributed by atoms with Crippen LogP contribution in [0.3, 0.4) is 0 Å². The molecule has 1 atom stereocenters. The van der Waals surface area contributed by atoms with Crippen LogP contribution < -0.4 is 0 Å². The molecule has 2 heteroatoms. The number of hydrogen-bond donors (Lipinski definition) is 0. The highest BCUT2D eigenvalue weighted by molar-refractivity contribution is 6.23. The van der Waals surface area contributed by atoms with Gasteiger partial charge in [0.1, 0.15) is 0 Å². The first kappa shape index (κ1) is 9.79. The molecule has 0 aromatic carbocycles. The molecule has 0 saturated carbocycles. The summed E-state index contributed by atoms with van der Waals surface area (Å²) in [6.45, 7) is 5.82. The molecule has 0 aromatic heterocycles. The van der Waals surface area contributed by atoms with Crippen molar-refractivity contribution in [3.05, 3.63) is 11.6 Å². The van der Waals surface area contributed by atoms with E-state index in [1.165, 1.54) is 0 Å². The van der Waals surface area contributed by atoms with E-state index >= 15 is 0 Å². The van der Waals surface area contributed by atoms with Crippen molar-refractivity contribution in [2.75, 3.05) is 0 Å². The molecule has 12 heavy (non-hydrogen) atoms. The topological polar surface area (TPSA) is 17.1 Å². The maximum Gasteiger partial charge on any atom is 0.158 e. The number of alkyl halides is 1. The van der Waals surface area contributed by atoms with Gasteiger partial charge >= 0.3 is 0 Å². The van der Waals surface area contributed by atoms with Crippen LogP contribution in [-0.4, -0.2) is 10.7 Å². The summed E-state index contributed by atoms with van der Waals surface area (Å²) in [4.78, 5) is 11.1. The van der Waals surface area contributed by atoms with Crippen LogP contribution in [-0.2, 0) is 4.79 Å². The van der Waals surface area contributed by atoms with Crippen LogP contribution in [0.1, 0.15) is 33.6 Å². The van der Waals surface area contributed by atoms with E-state index in [9.17, 15) is 4.79 Å². The Kier molecular flexibility index (Phi) is 2.62. The van der Waals surface area contributed by atoms with Gasteiger partial charge in [0.2, 0.25) is 0 Å². The lowest BCUT2D eigenvalue weighted by Gasteiger charge is -2.29. The third-order valence-corrected chi connectivity index (χ3v) is 2.86. The summed E-state index contributed by atoms with van der Waals surface area (Å²) in [6.07, 6.45) is 3.55. The van der Waals surface area contributed by atoms with E-state index < -0.39 is 0 Å². The molecule has 0 spiro atoms. The van der Waals surface area contributed by atoms with Crippen molar-refractivity contribution in [1.82, 2.24) is 0 Å². The number of allylic oxidation sites excluding steroid dienone is 2. The predicted octanol–water partition coefficient (Wildman–Crippen LogP) is 2.93. The number of halogens is 1. The highest BCUT2D eigenvalue weighted by Crippen LogP contribution is 2.34. The quantitative estimate of drug-likeness (QED) is 0.576. The SMILES string of the molecule is CC1=CC[C@@H](C(C)(C)Cl)CC1=O. The fourth-order valence-electron chi connectivity index (χ4n) is 1.42. The summed E-state index contributed by atoms with van der Waals surface area (Å²) in [5.41, 5.74) is 0.896. The molecule has 0 fully saturated rings. The van der Waals surface area contributed by atoms with E-state index in [0.717, 1.165) is 12.0 Å². The maximum atomic E-state index is 11.3. The van der Waals surface area contributed by atoms with Gasteiger partial charge in [-0.05, 0) is 38.7 Å².